The maximum absolute atomic E-state index is 12.7. The topological polar surface area (TPSA) is 57.7 Å². The van der Waals surface area contributed by atoms with Crippen molar-refractivity contribution in [1.29, 1.82) is 0 Å². The molecule has 1 aromatic carbocycles. The lowest BCUT2D eigenvalue weighted by atomic mass is 10.0. The molecule has 6 heteroatoms. The highest BCUT2D eigenvalue weighted by Crippen LogP contribution is 2.32. The molecule has 0 N–H and O–H groups in total. The van der Waals surface area contributed by atoms with E-state index in [0.717, 1.165) is 30.6 Å². The maximum atomic E-state index is 12.7. The van der Waals surface area contributed by atoms with E-state index < -0.39 is 9.84 Å². The lowest BCUT2D eigenvalue weighted by Gasteiger charge is -2.43. The van der Waals surface area contributed by atoms with Crippen LogP contribution in [0.1, 0.15) is 25.3 Å². The first-order chi connectivity index (χ1) is 10.9. The molecule has 2 aliphatic heterocycles. The van der Waals surface area contributed by atoms with Crippen LogP contribution in [0.3, 0.4) is 0 Å². The number of benzene rings is 1. The first-order valence-corrected chi connectivity index (χ1v) is 10.1. The summed E-state index contributed by atoms with van der Waals surface area (Å²) in [6.07, 6.45) is 2.03. The third-order valence-electron chi connectivity index (χ3n) is 4.78. The number of anilines is 1. The average Bonchev–Trinajstić information content (AvgIpc) is 2.79. The standard InChI is InChI=1S/C17H24N2O3S/c1-3-4-8-18-10-17(20)19(14-7-5-6-13(2)9-14)16-12-23(21,22)11-15(16)18/h5-7,9,15-16H,3-4,8,10-12H2,1-2H3. The van der Waals surface area contributed by atoms with Crippen molar-refractivity contribution in [2.45, 2.75) is 38.8 Å². The van der Waals surface area contributed by atoms with Crippen LogP contribution in [0.4, 0.5) is 5.69 Å². The van der Waals surface area contributed by atoms with E-state index in [4.69, 9.17) is 0 Å². The molecule has 1 aromatic rings. The summed E-state index contributed by atoms with van der Waals surface area (Å²) >= 11 is 0. The molecule has 2 unspecified atom stereocenters. The largest absolute Gasteiger partial charge is 0.306 e. The second-order valence-electron chi connectivity index (χ2n) is 6.64. The first kappa shape index (κ1) is 16.5. The van der Waals surface area contributed by atoms with E-state index in [1.807, 2.05) is 31.2 Å². The quantitative estimate of drug-likeness (QED) is 0.838. The van der Waals surface area contributed by atoms with E-state index in [1.54, 1.807) is 4.90 Å². The molecule has 5 nitrogen and oxygen atoms in total. The van der Waals surface area contributed by atoms with Gasteiger partial charge in [0, 0.05) is 11.7 Å². The molecular weight excluding hydrogens is 312 g/mol. The van der Waals surface area contributed by atoms with Gasteiger partial charge in [0.25, 0.3) is 0 Å². The van der Waals surface area contributed by atoms with Gasteiger partial charge >= 0.3 is 0 Å². The minimum Gasteiger partial charge on any atom is -0.306 e. The maximum Gasteiger partial charge on any atom is 0.241 e. The highest BCUT2D eigenvalue weighted by molar-refractivity contribution is 7.91. The third kappa shape index (κ3) is 3.28. The number of unbranched alkanes of at least 4 members (excludes halogenated alkanes) is 1. The Morgan fingerprint density at radius 2 is 1.96 bits per heavy atom. The second kappa shape index (κ2) is 6.24. The fourth-order valence-corrected chi connectivity index (χ4v) is 5.66. The highest BCUT2D eigenvalue weighted by atomic mass is 32.2. The molecule has 3 rings (SSSR count). The number of aryl methyl sites for hydroxylation is 1. The van der Waals surface area contributed by atoms with Crippen molar-refractivity contribution in [3.8, 4) is 0 Å². The van der Waals surface area contributed by atoms with Gasteiger partial charge in [-0.25, -0.2) is 8.42 Å². The molecule has 2 atom stereocenters. The van der Waals surface area contributed by atoms with E-state index in [9.17, 15) is 13.2 Å². The third-order valence-corrected chi connectivity index (χ3v) is 6.48. The Labute approximate surface area is 138 Å². The predicted octanol–water partition coefficient (Wildman–Crippen LogP) is 1.61. The van der Waals surface area contributed by atoms with Gasteiger partial charge in [-0.3, -0.25) is 9.69 Å². The fourth-order valence-electron chi connectivity index (χ4n) is 3.68. The van der Waals surface area contributed by atoms with Crippen molar-refractivity contribution in [2.24, 2.45) is 0 Å². The average molecular weight is 336 g/mol. The lowest BCUT2D eigenvalue weighted by Crippen LogP contribution is -2.62. The number of hydrogen-bond acceptors (Lipinski definition) is 4. The van der Waals surface area contributed by atoms with Crippen LogP contribution in [0.5, 0.6) is 0 Å². The number of carbonyl (C=O) groups excluding carboxylic acids is 1. The number of nitrogens with zero attached hydrogens (tertiary/aromatic N) is 2. The Bertz CT molecular complexity index is 702. The second-order valence-corrected chi connectivity index (χ2v) is 8.79. The fraction of sp³-hybridized carbons (Fsp3) is 0.588. The van der Waals surface area contributed by atoms with E-state index in [2.05, 4.69) is 11.8 Å². The molecule has 0 spiro atoms. The molecule has 23 heavy (non-hydrogen) atoms. The van der Waals surface area contributed by atoms with Gasteiger partial charge < -0.3 is 4.90 Å². The van der Waals surface area contributed by atoms with Crippen LogP contribution in [-0.2, 0) is 14.6 Å². The van der Waals surface area contributed by atoms with E-state index >= 15 is 0 Å². The summed E-state index contributed by atoms with van der Waals surface area (Å²) in [5.41, 5.74) is 1.89. The van der Waals surface area contributed by atoms with Gasteiger partial charge in [-0.1, -0.05) is 25.5 Å². The molecule has 2 saturated heterocycles. The molecule has 0 saturated carbocycles. The molecule has 1 amide bonds. The molecule has 2 aliphatic rings. The number of sulfone groups is 1. The number of hydrogen-bond donors (Lipinski definition) is 0. The molecule has 2 heterocycles. The SMILES string of the molecule is CCCCN1CC(=O)N(c2cccc(C)c2)C2CS(=O)(=O)CC21. The Hall–Kier alpha value is -1.40. The van der Waals surface area contributed by atoms with Crippen LogP contribution in [0.2, 0.25) is 0 Å². The van der Waals surface area contributed by atoms with Gasteiger partial charge in [-0.2, -0.15) is 0 Å². The summed E-state index contributed by atoms with van der Waals surface area (Å²) in [6, 6.07) is 7.41. The monoisotopic (exact) mass is 336 g/mol. The Morgan fingerprint density at radius 1 is 1.22 bits per heavy atom. The van der Waals surface area contributed by atoms with Crippen molar-refractivity contribution < 1.29 is 13.2 Å². The van der Waals surface area contributed by atoms with Crippen LogP contribution in [0, 0.1) is 6.92 Å². The van der Waals surface area contributed by atoms with Gasteiger partial charge in [0.15, 0.2) is 9.84 Å². The van der Waals surface area contributed by atoms with E-state index in [1.165, 1.54) is 0 Å². The van der Waals surface area contributed by atoms with Crippen molar-refractivity contribution in [1.82, 2.24) is 4.90 Å². The number of carbonyl (C=O) groups is 1. The minimum atomic E-state index is -3.10. The van der Waals surface area contributed by atoms with Crippen molar-refractivity contribution in [3.63, 3.8) is 0 Å². The van der Waals surface area contributed by atoms with Gasteiger partial charge in [-0.05, 0) is 37.6 Å². The summed E-state index contributed by atoms with van der Waals surface area (Å²) in [7, 11) is -3.10. The molecular formula is C17H24N2O3S. The number of piperazine rings is 1. The molecule has 0 aliphatic carbocycles. The van der Waals surface area contributed by atoms with Crippen LogP contribution in [0.25, 0.3) is 0 Å². The first-order valence-electron chi connectivity index (χ1n) is 8.24. The van der Waals surface area contributed by atoms with Gasteiger partial charge in [0.05, 0.1) is 24.1 Å². The summed E-state index contributed by atoms with van der Waals surface area (Å²) in [5.74, 6) is 0.238. The Morgan fingerprint density at radius 3 is 2.65 bits per heavy atom. The zero-order valence-electron chi connectivity index (χ0n) is 13.7. The number of amides is 1. The van der Waals surface area contributed by atoms with Gasteiger partial charge in [0.1, 0.15) is 0 Å². The summed E-state index contributed by atoms with van der Waals surface area (Å²) in [5, 5.41) is 0. The normalized spacial score (nSPS) is 27.2. The number of rotatable bonds is 4. The zero-order chi connectivity index (χ0) is 16.6. The summed E-state index contributed by atoms with van der Waals surface area (Å²) in [4.78, 5) is 16.5. The van der Waals surface area contributed by atoms with Crippen LogP contribution < -0.4 is 4.90 Å². The lowest BCUT2D eigenvalue weighted by molar-refractivity contribution is -0.123. The van der Waals surface area contributed by atoms with Crippen LogP contribution >= 0.6 is 0 Å². The van der Waals surface area contributed by atoms with Crippen molar-refractivity contribution in [2.75, 3.05) is 29.5 Å². The van der Waals surface area contributed by atoms with Crippen LogP contribution in [0.15, 0.2) is 24.3 Å². The molecule has 0 aromatic heterocycles. The van der Waals surface area contributed by atoms with Crippen LogP contribution in [-0.4, -0.2) is 55.9 Å². The smallest absolute Gasteiger partial charge is 0.241 e. The van der Waals surface area contributed by atoms with Gasteiger partial charge in [0.2, 0.25) is 5.91 Å². The highest BCUT2D eigenvalue weighted by Gasteiger charge is 2.49. The Balaban J connectivity index is 1.94. The molecule has 2 fully saturated rings. The number of fused-ring (bicyclic) bond motifs is 1. The van der Waals surface area contributed by atoms with Crippen molar-refractivity contribution >= 4 is 21.4 Å². The summed E-state index contributed by atoms with van der Waals surface area (Å²) in [6.45, 7) is 5.19. The zero-order valence-corrected chi connectivity index (χ0v) is 14.6. The van der Waals surface area contributed by atoms with Gasteiger partial charge in [-0.15, -0.1) is 0 Å². The predicted molar refractivity (Wildman–Crippen MR) is 91.4 cm³/mol. The van der Waals surface area contributed by atoms with E-state index in [0.29, 0.717) is 6.54 Å². The van der Waals surface area contributed by atoms with Crippen molar-refractivity contribution in [3.05, 3.63) is 29.8 Å². The minimum absolute atomic E-state index is 0.00468. The molecule has 0 radical (unpaired) electrons. The Kier molecular flexibility index (Phi) is 4.47. The van der Waals surface area contributed by atoms with E-state index in [-0.39, 0.29) is 29.5 Å². The molecule has 0 bridgehead atoms. The summed E-state index contributed by atoms with van der Waals surface area (Å²) < 4.78 is 24.4. The molecule has 126 valence electrons.